The molecule has 0 spiro atoms. The average molecular weight is 573 g/mol. The number of likely N-dealkylation sites (N-methyl/N-ethyl adjacent to an activating group) is 1. The number of furan rings is 1. The lowest BCUT2D eigenvalue weighted by atomic mass is 9.96. The molecule has 0 radical (unpaired) electrons. The number of hydrogen-bond donors (Lipinski definition) is 0. The molecular weight excluding hydrogens is 543 g/mol. The molecule has 3 aromatic carbocycles. The van der Waals surface area contributed by atoms with Crippen LogP contribution in [0.5, 0.6) is 0 Å². The highest BCUT2D eigenvalue weighted by Crippen LogP contribution is 2.42. The highest BCUT2D eigenvalue weighted by atomic mass is 32.2. The lowest BCUT2D eigenvalue weighted by molar-refractivity contribution is 0.0989. The minimum absolute atomic E-state index is 0.0866. The first kappa shape index (κ1) is 28.5. The predicted molar refractivity (Wildman–Crippen MR) is 151 cm³/mol. The fraction of sp³-hybridized carbons (Fsp3) is 0.250. The topological polar surface area (TPSA) is 105 Å². The standard InChI is InChI=1S/C28H29FN2O6S2/c1-5-25(32)27-23-17-22(19-9-7-6-8-10-19)24(31(39(4,35)36)16-15-30(2)38(3,33)34)18-26(23)37-28(27)20-11-13-21(29)14-12-20/h6-14,17-18H,5,15-16H2,1-4H3. The molecule has 4 aromatic rings. The van der Waals surface area contributed by atoms with Gasteiger partial charge < -0.3 is 4.42 Å². The number of nitrogens with zero attached hydrogens (tertiary/aromatic N) is 2. The second kappa shape index (κ2) is 10.9. The van der Waals surface area contributed by atoms with Gasteiger partial charge in [0.25, 0.3) is 0 Å². The molecule has 8 nitrogen and oxygen atoms in total. The summed E-state index contributed by atoms with van der Waals surface area (Å²) in [4.78, 5) is 13.1. The third-order valence-corrected chi connectivity index (χ3v) is 8.95. The van der Waals surface area contributed by atoms with Crippen LogP contribution in [0.3, 0.4) is 0 Å². The maximum atomic E-state index is 13.6. The van der Waals surface area contributed by atoms with Crippen molar-refractivity contribution in [2.24, 2.45) is 0 Å². The van der Waals surface area contributed by atoms with Gasteiger partial charge in [-0.25, -0.2) is 25.5 Å². The summed E-state index contributed by atoms with van der Waals surface area (Å²) in [6.45, 7) is 1.49. The van der Waals surface area contributed by atoms with Crippen molar-refractivity contribution in [2.45, 2.75) is 13.3 Å². The van der Waals surface area contributed by atoms with Crippen LogP contribution in [0.2, 0.25) is 0 Å². The zero-order valence-electron chi connectivity index (χ0n) is 22.0. The Hall–Kier alpha value is -3.54. The van der Waals surface area contributed by atoms with Gasteiger partial charge in [-0.15, -0.1) is 0 Å². The van der Waals surface area contributed by atoms with Crippen molar-refractivity contribution < 1.29 is 30.4 Å². The predicted octanol–water partition coefficient (Wildman–Crippen LogP) is 5.16. The van der Waals surface area contributed by atoms with E-state index in [9.17, 15) is 26.0 Å². The van der Waals surface area contributed by atoms with Crippen LogP contribution >= 0.6 is 0 Å². The smallest absolute Gasteiger partial charge is 0.232 e. The van der Waals surface area contributed by atoms with Gasteiger partial charge in [0.1, 0.15) is 17.2 Å². The van der Waals surface area contributed by atoms with Crippen LogP contribution in [0.15, 0.2) is 71.1 Å². The SMILES string of the molecule is CCC(=O)c1c(-c2ccc(F)cc2)oc2cc(N(CCN(C)S(C)(=O)=O)S(C)(=O)=O)c(-c3ccccc3)cc12. The van der Waals surface area contributed by atoms with E-state index in [4.69, 9.17) is 4.42 Å². The average Bonchev–Trinajstić information content (AvgIpc) is 3.25. The largest absolute Gasteiger partial charge is 0.455 e. The summed E-state index contributed by atoms with van der Waals surface area (Å²) in [7, 11) is -6.04. The van der Waals surface area contributed by atoms with Crippen LogP contribution in [0.1, 0.15) is 23.7 Å². The summed E-state index contributed by atoms with van der Waals surface area (Å²) >= 11 is 0. The summed E-state index contributed by atoms with van der Waals surface area (Å²) < 4.78 is 72.0. The van der Waals surface area contributed by atoms with E-state index in [1.807, 2.05) is 30.3 Å². The first-order valence-corrected chi connectivity index (χ1v) is 15.8. The Balaban J connectivity index is 2.01. The van der Waals surface area contributed by atoms with Crippen LogP contribution in [0.25, 0.3) is 33.4 Å². The third kappa shape index (κ3) is 6.05. The second-order valence-electron chi connectivity index (χ2n) is 9.24. The quantitative estimate of drug-likeness (QED) is 0.243. The zero-order valence-corrected chi connectivity index (χ0v) is 23.6. The summed E-state index contributed by atoms with van der Waals surface area (Å²) in [5.74, 6) is -0.361. The molecule has 1 aromatic heterocycles. The number of fused-ring (bicyclic) bond motifs is 1. The number of rotatable bonds is 10. The Morgan fingerprint density at radius 2 is 1.51 bits per heavy atom. The van der Waals surface area contributed by atoms with Crippen molar-refractivity contribution >= 4 is 42.5 Å². The first-order chi connectivity index (χ1) is 18.3. The summed E-state index contributed by atoms with van der Waals surface area (Å²) in [5.41, 5.74) is 2.58. The number of ketones is 1. The highest BCUT2D eigenvalue weighted by molar-refractivity contribution is 7.92. The number of anilines is 1. The molecule has 11 heteroatoms. The number of carbonyl (C=O) groups is 1. The van der Waals surface area contributed by atoms with Gasteiger partial charge in [-0.1, -0.05) is 37.3 Å². The summed E-state index contributed by atoms with van der Waals surface area (Å²) in [5, 5.41) is 0.491. The van der Waals surface area contributed by atoms with Gasteiger partial charge in [-0.3, -0.25) is 9.10 Å². The van der Waals surface area contributed by atoms with Crippen molar-refractivity contribution in [1.82, 2.24) is 4.31 Å². The molecule has 206 valence electrons. The number of sulfonamides is 2. The van der Waals surface area contributed by atoms with Gasteiger partial charge in [-0.05, 0) is 35.9 Å². The Morgan fingerprint density at radius 3 is 2.08 bits per heavy atom. The van der Waals surface area contributed by atoms with Gasteiger partial charge in [0.15, 0.2) is 5.78 Å². The molecule has 0 fully saturated rings. The molecule has 4 rings (SSSR count). The molecule has 0 aliphatic carbocycles. The van der Waals surface area contributed by atoms with Crippen molar-refractivity contribution in [2.75, 3.05) is 37.0 Å². The molecular formula is C28H29FN2O6S2. The molecule has 0 aliphatic heterocycles. The number of hydrogen-bond acceptors (Lipinski definition) is 6. The molecule has 0 atom stereocenters. The molecule has 0 N–H and O–H groups in total. The van der Waals surface area contributed by atoms with Gasteiger partial charge >= 0.3 is 0 Å². The van der Waals surface area contributed by atoms with Crippen molar-refractivity contribution in [3.05, 3.63) is 78.1 Å². The van der Waals surface area contributed by atoms with E-state index in [-0.39, 0.29) is 42.3 Å². The fourth-order valence-electron chi connectivity index (χ4n) is 4.31. The minimum atomic E-state index is -3.88. The van der Waals surface area contributed by atoms with Gasteiger partial charge in [0, 0.05) is 49.1 Å². The fourth-order valence-corrected chi connectivity index (χ4v) is 5.64. The monoisotopic (exact) mass is 572 g/mol. The van der Waals surface area contributed by atoms with E-state index in [1.54, 1.807) is 19.1 Å². The van der Waals surface area contributed by atoms with E-state index >= 15 is 0 Å². The number of Topliss-reactive ketones (excluding diaryl/α,β-unsaturated/α-hetero) is 1. The van der Waals surface area contributed by atoms with Crippen LogP contribution < -0.4 is 4.31 Å². The molecule has 0 aliphatic rings. The van der Waals surface area contributed by atoms with Crippen LogP contribution in [0, 0.1) is 5.82 Å². The Labute approximate surface area is 227 Å². The number of carbonyl (C=O) groups excluding carboxylic acids is 1. The third-order valence-electron chi connectivity index (χ3n) is 6.45. The molecule has 0 unspecified atom stereocenters. The van der Waals surface area contributed by atoms with Crippen molar-refractivity contribution in [3.63, 3.8) is 0 Å². The van der Waals surface area contributed by atoms with E-state index < -0.39 is 25.9 Å². The molecule has 0 bridgehead atoms. The van der Waals surface area contributed by atoms with E-state index in [1.165, 1.54) is 31.3 Å². The van der Waals surface area contributed by atoms with Gasteiger partial charge in [0.05, 0.1) is 23.8 Å². The normalized spacial score (nSPS) is 12.3. The van der Waals surface area contributed by atoms with Crippen molar-refractivity contribution in [3.8, 4) is 22.5 Å². The maximum Gasteiger partial charge on any atom is 0.232 e. The second-order valence-corrected chi connectivity index (χ2v) is 13.2. The zero-order chi connectivity index (χ0) is 28.5. The lowest BCUT2D eigenvalue weighted by Crippen LogP contribution is -2.39. The molecule has 1 heterocycles. The van der Waals surface area contributed by atoms with Crippen LogP contribution in [0.4, 0.5) is 10.1 Å². The van der Waals surface area contributed by atoms with Crippen LogP contribution in [-0.4, -0.2) is 59.6 Å². The Morgan fingerprint density at radius 1 is 0.872 bits per heavy atom. The molecule has 0 saturated heterocycles. The first-order valence-electron chi connectivity index (χ1n) is 12.2. The summed E-state index contributed by atoms with van der Waals surface area (Å²) in [6.07, 6.45) is 2.29. The minimum Gasteiger partial charge on any atom is -0.455 e. The van der Waals surface area contributed by atoms with Crippen molar-refractivity contribution in [1.29, 1.82) is 0 Å². The highest BCUT2D eigenvalue weighted by Gasteiger charge is 2.27. The number of benzene rings is 3. The van der Waals surface area contributed by atoms with Gasteiger partial charge in [0.2, 0.25) is 20.0 Å². The van der Waals surface area contributed by atoms with E-state index in [2.05, 4.69) is 0 Å². The van der Waals surface area contributed by atoms with Crippen LogP contribution in [-0.2, 0) is 20.0 Å². The molecule has 39 heavy (non-hydrogen) atoms. The Kier molecular flexibility index (Phi) is 7.97. The maximum absolute atomic E-state index is 13.6. The molecule has 0 amide bonds. The van der Waals surface area contributed by atoms with E-state index in [0.29, 0.717) is 27.6 Å². The Bertz CT molecular complexity index is 1730. The summed E-state index contributed by atoms with van der Waals surface area (Å²) in [6, 6.07) is 17.9. The number of halogens is 1. The lowest BCUT2D eigenvalue weighted by Gasteiger charge is -2.27. The van der Waals surface area contributed by atoms with Gasteiger partial charge in [-0.2, -0.15) is 0 Å². The van der Waals surface area contributed by atoms with E-state index in [0.717, 1.165) is 21.1 Å². The molecule has 0 saturated carbocycles.